The van der Waals surface area contributed by atoms with Gasteiger partial charge in [0.1, 0.15) is 5.82 Å². The Morgan fingerprint density at radius 1 is 1.09 bits per heavy atom. The van der Waals surface area contributed by atoms with E-state index in [0.717, 1.165) is 11.0 Å². The minimum Gasteiger partial charge on any atom is -0.326 e. The van der Waals surface area contributed by atoms with Crippen LogP contribution in [0.25, 0.3) is 0 Å². The molecule has 2 aromatic carbocycles. The van der Waals surface area contributed by atoms with Crippen molar-refractivity contribution < 1.29 is 18.8 Å². The molecular formula is C16H11FN2O3. The van der Waals surface area contributed by atoms with Crippen molar-refractivity contribution in [1.82, 2.24) is 0 Å². The highest BCUT2D eigenvalue weighted by molar-refractivity contribution is 6.36. The van der Waals surface area contributed by atoms with Gasteiger partial charge >= 0.3 is 0 Å². The summed E-state index contributed by atoms with van der Waals surface area (Å²) in [5, 5.41) is 2.53. The van der Waals surface area contributed by atoms with E-state index < -0.39 is 17.6 Å². The molecule has 1 aliphatic heterocycles. The van der Waals surface area contributed by atoms with Crippen LogP contribution in [0.15, 0.2) is 42.5 Å². The lowest BCUT2D eigenvalue weighted by Crippen LogP contribution is -2.29. The smallest absolute Gasteiger partial charge is 0.268 e. The molecule has 6 heteroatoms. The molecular weight excluding hydrogens is 287 g/mol. The Bertz CT molecular complexity index is 817. The number of rotatable bonds is 2. The summed E-state index contributed by atoms with van der Waals surface area (Å²) in [4.78, 5) is 37.1. The number of anilines is 2. The molecule has 0 fully saturated rings. The Kier molecular flexibility index (Phi) is 3.21. The molecule has 1 aliphatic rings. The maximum atomic E-state index is 13.3. The Balaban J connectivity index is 2.11. The van der Waals surface area contributed by atoms with Crippen LogP contribution in [0, 0.1) is 5.82 Å². The number of imide groups is 1. The zero-order valence-corrected chi connectivity index (χ0v) is 11.6. The molecule has 3 rings (SSSR count). The second-order valence-corrected chi connectivity index (χ2v) is 4.83. The summed E-state index contributed by atoms with van der Waals surface area (Å²) < 4.78 is 13.3. The van der Waals surface area contributed by atoms with Gasteiger partial charge in [0.2, 0.25) is 5.91 Å². The number of hydrogen-bond acceptors (Lipinski definition) is 3. The van der Waals surface area contributed by atoms with Crippen molar-refractivity contribution in [2.45, 2.75) is 6.92 Å². The number of carbonyl (C=O) groups is 3. The average Bonchev–Trinajstić information content (AvgIpc) is 2.71. The first kappa shape index (κ1) is 13.9. The summed E-state index contributed by atoms with van der Waals surface area (Å²) in [5.74, 6) is -2.03. The number of benzene rings is 2. The molecule has 3 amide bonds. The topological polar surface area (TPSA) is 66.5 Å². The molecule has 0 radical (unpaired) electrons. The van der Waals surface area contributed by atoms with E-state index in [0.29, 0.717) is 0 Å². The minimum atomic E-state index is -0.588. The van der Waals surface area contributed by atoms with Gasteiger partial charge in [-0.15, -0.1) is 0 Å². The van der Waals surface area contributed by atoms with E-state index in [1.54, 1.807) is 12.1 Å². The average molecular weight is 298 g/mol. The van der Waals surface area contributed by atoms with Crippen molar-refractivity contribution >= 4 is 29.1 Å². The molecule has 0 unspecified atom stereocenters. The summed E-state index contributed by atoms with van der Waals surface area (Å²) >= 11 is 0. The first-order chi connectivity index (χ1) is 10.5. The van der Waals surface area contributed by atoms with Gasteiger partial charge in [-0.05, 0) is 30.3 Å². The largest absolute Gasteiger partial charge is 0.326 e. The van der Waals surface area contributed by atoms with Gasteiger partial charge in [-0.1, -0.05) is 12.1 Å². The molecule has 5 nitrogen and oxygen atoms in total. The third kappa shape index (κ3) is 2.14. The molecule has 1 N–H and O–H groups in total. The molecule has 0 aliphatic carbocycles. The fraction of sp³-hybridized carbons (Fsp3) is 0.0625. The number of hydrogen-bond donors (Lipinski definition) is 1. The molecule has 22 heavy (non-hydrogen) atoms. The van der Waals surface area contributed by atoms with Crippen LogP contribution in [0.5, 0.6) is 0 Å². The predicted octanol–water partition coefficient (Wildman–Crippen LogP) is 2.58. The van der Waals surface area contributed by atoms with E-state index in [9.17, 15) is 18.8 Å². The van der Waals surface area contributed by atoms with Gasteiger partial charge in [-0.2, -0.15) is 0 Å². The second-order valence-electron chi connectivity index (χ2n) is 4.83. The molecule has 0 aromatic heterocycles. The number of fused-ring (bicyclic) bond motifs is 1. The normalized spacial score (nSPS) is 13.3. The molecule has 0 saturated heterocycles. The van der Waals surface area contributed by atoms with Crippen molar-refractivity contribution in [2.24, 2.45) is 0 Å². The van der Waals surface area contributed by atoms with Crippen molar-refractivity contribution in [2.75, 3.05) is 10.2 Å². The monoisotopic (exact) mass is 298 g/mol. The number of nitrogens with zero attached hydrogens (tertiary/aromatic N) is 1. The Morgan fingerprint density at radius 2 is 1.82 bits per heavy atom. The SMILES string of the molecule is CC(=O)Nc1cccc2c1C(=O)N(c1cccc(F)c1)C2=O. The van der Waals surface area contributed by atoms with Crippen molar-refractivity contribution in [3.8, 4) is 0 Å². The zero-order valence-electron chi connectivity index (χ0n) is 11.6. The van der Waals surface area contributed by atoms with Gasteiger partial charge in [-0.3, -0.25) is 14.4 Å². The summed E-state index contributed by atoms with van der Waals surface area (Å²) in [6.07, 6.45) is 0. The summed E-state index contributed by atoms with van der Waals surface area (Å²) in [6.45, 7) is 1.31. The van der Waals surface area contributed by atoms with E-state index in [1.165, 1.54) is 31.2 Å². The van der Waals surface area contributed by atoms with Gasteiger partial charge in [0, 0.05) is 6.92 Å². The molecule has 2 aromatic rings. The van der Waals surface area contributed by atoms with Crippen LogP contribution in [0.2, 0.25) is 0 Å². The Labute approximate surface area is 125 Å². The minimum absolute atomic E-state index is 0.118. The third-order valence-electron chi connectivity index (χ3n) is 3.29. The van der Waals surface area contributed by atoms with Gasteiger partial charge in [-0.25, -0.2) is 9.29 Å². The van der Waals surface area contributed by atoms with Crippen LogP contribution >= 0.6 is 0 Å². The highest BCUT2D eigenvalue weighted by atomic mass is 19.1. The highest BCUT2D eigenvalue weighted by Crippen LogP contribution is 2.33. The molecule has 0 spiro atoms. The molecule has 110 valence electrons. The van der Waals surface area contributed by atoms with E-state index in [-0.39, 0.29) is 28.4 Å². The number of amides is 3. The van der Waals surface area contributed by atoms with Crippen molar-refractivity contribution in [3.05, 3.63) is 59.4 Å². The first-order valence-corrected chi connectivity index (χ1v) is 6.54. The van der Waals surface area contributed by atoms with Crippen LogP contribution < -0.4 is 10.2 Å². The lowest BCUT2D eigenvalue weighted by atomic mass is 10.1. The van der Waals surface area contributed by atoms with Crippen LogP contribution in [0.1, 0.15) is 27.6 Å². The summed E-state index contributed by atoms with van der Waals surface area (Å²) in [5.41, 5.74) is 0.717. The highest BCUT2D eigenvalue weighted by Gasteiger charge is 2.38. The van der Waals surface area contributed by atoms with E-state index in [4.69, 9.17) is 0 Å². The number of nitrogens with one attached hydrogen (secondary N) is 1. The van der Waals surface area contributed by atoms with Gasteiger partial charge < -0.3 is 5.32 Å². The quantitative estimate of drug-likeness (QED) is 0.867. The van der Waals surface area contributed by atoms with Crippen LogP contribution in [-0.4, -0.2) is 17.7 Å². The zero-order chi connectivity index (χ0) is 15.9. The van der Waals surface area contributed by atoms with Gasteiger partial charge in [0.25, 0.3) is 11.8 Å². The predicted molar refractivity (Wildman–Crippen MR) is 78.3 cm³/mol. The molecule has 0 atom stereocenters. The molecule has 0 bridgehead atoms. The molecule has 1 heterocycles. The summed E-state index contributed by atoms with van der Waals surface area (Å²) in [7, 11) is 0. The van der Waals surface area contributed by atoms with Crippen LogP contribution in [-0.2, 0) is 4.79 Å². The van der Waals surface area contributed by atoms with Gasteiger partial charge in [0.15, 0.2) is 0 Å². The van der Waals surface area contributed by atoms with Crippen LogP contribution in [0.3, 0.4) is 0 Å². The van der Waals surface area contributed by atoms with E-state index in [1.807, 2.05) is 0 Å². The van der Waals surface area contributed by atoms with Crippen LogP contribution in [0.4, 0.5) is 15.8 Å². The van der Waals surface area contributed by atoms with Crippen molar-refractivity contribution in [1.29, 1.82) is 0 Å². The first-order valence-electron chi connectivity index (χ1n) is 6.54. The van der Waals surface area contributed by atoms with E-state index in [2.05, 4.69) is 5.32 Å². The van der Waals surface area contributed by atoms with Gasteiger partial charge in [0.05, 0.1) is 22.5 Å². The van der Waals surface area contributed by atoms with E-state index >= 15 is 0 Å². The maximum Gasteiger partial charge on any atom is 0.268 e. The standard InChI is InChI=1S/C16H11FN2O3/c1-9(20)18-13-7-3-6-12-14(13)16(22)19(15(12)21)11-5-2-4-10(17)8-11/h2-8H,1H3,(H,18,20). The number of carbonyl (C=O) groups excluding carboxylic acids is 3. The molecule has 0 saturated carbocycles. The fourth-order valence-corrected chi connectivity index (χ4v) is 2.43. The summed E-state index contributed by atoms with van der Waals surface area (Å²) in [6, 6.07) is 9.85. The lowest BCUT2D eigenvalue weighted by molar-refractivity contribution is -0.114. The second kappa shape index (κ2) is 5.07. The Morgan fingerprint density at radius 3 is 2.50 bits per heavy atom. The third-order valence-corrected chi connectivity index (χ3v) is 3.29. The Hall–Kier alpha value is -3.02. The van der Waals surface area contributed by atoms with Crippen molar-refractivity contribution in [3.63, 3.8) is 0 Å². The lowest BCUT2D eigenvalue weighted by Gasteiger charge is -2.13. The number of halogens is 1. The fourth-order valence-electron chi connectivity index (χ4n) is 2.43. The maximum absolute atomic E-state index is 13.3.